The van der Waals surface area contributed by atoms with E-state index in [0.29, 0.717) is 18.7 Å². The molecule has 0 saturated carbocycles. The number of carbonyl (C=O) groups is 2. The van der Waals surface area contributed by atoms with Crippen molar-refractivity contribution in [2.24, 2.45) is 0 Å². The number of hydrogen-bond donors (Lipinski definition) is 4. The molecule has 1 aromatic carbocycles. The first-order chi connectivity index (χ1) is 16.2. The highest BCUT2D eigenvalue weighted by molar-refractivity contribution is 6.07. The Morgan fingerprint density at radius 3 is 2.79 bits per heavy atom. The third-order valence-corrected chi connectivity index (χ3v) is 5.46. The molecule has 12 heteroatoms. The molecule has 1 aliphatic rings. The molecule has 4 N–H and O–H groups in total. The zero-order chi connectivity index (χ0) is 24.5. The number of hydrogen-bond acceptors (Lipinski definition) is 6. The van der Waals surface area contributed by atoms with Crippen LogP contribution in [0.1, 0.15) is 43.2 Å². The number of halogens is 3. The molecule has 2 aromatic heterocycles. The van der Waals surface area contributed by atoms with Crippen molar-refractivity contribution in [2.45, 2.75) is 25.9 Å². The van der Waals surface area contributed by atoms with Gasteiger partial charge >= 0.3 is 5.92 Å². The minimum atomic E-state index is -3.47. The predicted octanol–water partition coefficient (Wildman–Crippen LogP) is 2.80. The van der Waals surface area contributed by atoms with E-state index in [1.54, 1.807) is 0 Å². The third kappa shape index (κ3) is 4.44. The van der Waals surface area contributed by atoms with Gasteiger partial charge in [-0.15, -0.1) is 0 Å². The van der Waals surface area contributed by atoms with Crippen LogP contribution in [0.2, 0.25) is 0 Å². The van der Waals surface area contributed by atoms with Crippen LogP contribution in [0, 0.1) is 12.7 Å². The Hall–Kier alpha value is -3.93. The highest BCUT2D eigenvalue weighted by Gasteiger charge is 2.39. The zero-order valence-corrected chi connectivity index (χ0v) is 17.9. The number of H-pyrrole nitrogens is 1. The van der Waals surface area contributed by atoms with Crippen molar-refractivity contribution in [1.29, 1.82) is 0 Å². The summed E-state index contributed by atoms with van der Waals surface area (Å²) in [4.78, 5) is 28.7. The highest BCUT2D eigenvalue weighted by Crippen LogP contribution is 2.33. The van der Waals surface area contributed by atoms with E-state index < -0.39 is 35.8 Å². The normalized spacial score (nSPS) is 13.3. The summed E-state index contributed by atoms with van der Waals surface area (Å²) in [7, 11) is 0. The van der Waals surface area contributed by atoms with E-state index in [1.807, 2.05) is 0 Å². The van der Waals surface area contributed by atoms with Crippen molar-refractivity contribution in [3.05, 3.63) is 70.1 Å². The van der Waals surface area contributed by atoms with Crippen molar-refractivity contribution in [1.82, 2.24) is 20.5 Å². The number of ether oxygens (including phenoxy) is 1. The van der Waals surface area contributed by atoms with Gasteiger partial charge in [0, 0.05) is 29.4 Å². The van der Waals surface area contributed by atoms with Crippen LogP contribution in [-0.4, -0.2) is 45.3 Å². The van der Waals surface area contributed by atoms with Crippen LogP contribution in [0.5, 0.6) is 5.75 Å². The van der Waals surface area contributed by atoms with Gasteiger partial charge < -0.3 is 20.5 Å². The second-order valence-corrected chi connectivity index (χ2v) is 7.66. The Balaban J connectivity index is 1.51. The van der Waals surface area contributed by atoms with E-state index in [4.69, 9.17) is 4.74 Å². The largest absolute Gasteiger partial charge is 0.506 e. The van der Waals surface area contributed by atoms with Crippen LogP contribution >= 0.6 is 0 Å². The van der Waals surface area contributed by atoms with E-state index in [1.165, 1.54) is 19.2 Å². The summed E-state index contributed by atoms with van der Waals surface area (Å²) in [6.45, 7) is 0.784. The maximum absolute atomic E-state index is 14.8. The Morgan fingerprint density at radius 1 is 1.24 bits per heavy atom. The molecule has 3 aromatic rings. The van der Waals surface area contributed by atoms with E-state index in [2.05, 4.69) is 25.8 Å². The van der Waals surface area contributed by atoms with Gasteiger partial charge in [0.2, 0.25) is 0 Å². The van der Waals surface area contributed by atoms with Gasteiger partial charge in [0.1, 0.15) is 11.4 Å². The number of fused-ring (bicyclic) bond motifs is 1. The number of benzene rings is 1. The number of phenolic OH excluding ortho intramolecular Hbond substituents is 1. The van der Waals surface area contributed by atoms with Gasteiger partial charge in [-0.25, -0.2) is 4.39 Å². The zero-order valence-electron chi connectivity index (χ0n) is 17.9. The average molecular weight is 475 g/mol. The molecule has 0 bridgehead atoms. The smallest absolute Gasteiger partial charge is 0.308 e. The SMILES string of the molecule is Cc1c(C(=O)NCC(F)(F)c2n[nH]c3c2COCC3)ccc(O)c1NC(=O)c1ccncc1F. The van der Waals surface area contributed by atoms with Crippen LogP contribution in [0.25, 0.3) is 0 Å². The van der Waals surface area contributed by atoms with Crippen molar-refractivity contribution in [3.8, 4) is 5.75 Å². The van der Waals surface area contributed by atoms with E-state index in [9.17, 15) is 27.9 Å². The molecule has 0 radical (unpaired) electrons. The monoisotopic (exact) mass is 475 g/mol. The molecule has 0 fully saturated rings. The molecule has 178 valence electrons. The standard InChI is InChI=1S/C22H20F3N5O4/c1-11-12(2-3-17(31)18(11)28-21(33)13-4-6-26-8-15(13)23)20(32)27-10-22(24,25)19-14-9-34-7-5-16(14)29-30-19/h2-4,6,8,31H,5,7,9-10H2,1H3,(H,27,32)(H,28,33)(H,29,30). The number of aromatic nitrogens is 3. The quantitative estimate of drug-likeness (QED) is 0.406. The van der Waals surface area contributed by atoms with Gasteiger partial charge in [0.25, 0.3) is 11.8 Å². The minimum absolute atomic E-state index is 0.00288. The van der Waals surface area contributed by atoms with Crippen LogP contribution < -0.4 is 10.6 Å². The molecule has 4 rings (SSSR count). The van der Waals surface area contributed by atoms with E-state index in [-0.39, 0.29) is 40.3 Å². The molecular formula is C22H20F3N5O4. The van der Waals surface area contributed by atoms with Gasteiger partial charge in [0.05, 0.1) is 37.2 Å². The Labute approximate surface area is 191 Å². The summed E-state index contributed by atoms with van der Waals surface area (Å²) < 4.78 is 48.7. The molecule has 0 spiro atoms. The number of nitrogens with one attached hydrogen (secondary N) is 3. The summed E-state index contributed by atoms with van der Waals surface area (Å²) in [6.07, 6.45) is 2.51. The van der Waals surface area contributed by atoms with Gasteiger partial charge in [-0.1, -0.05) is 0 Å². The number of pyridine rings is 1. The van der Waals surface area contributed by atoms with Crippen molar-refractivity contribution < 1.29 is 32.6 Å². The van der Waals surface area contributed by atoms with Gasteiger partial charge in [-0.3, -0.25) is 19.7 Å². The molecule has 3 heterocycles. The lowest BCUT2D eigenvalue weighted by Crippen LogP contribution is -2.36. The maximum atomic E-state index is 14.8. The fourth-order valence-corrected chi connectivity index (χ4v) is 3.63. The molecule has 9 nitrogen and oxygen atoms in total. The number of nitrogens with zero attached hydrogens (tertiary/aromatic N) is 2. The Morgan fingerprint density at radius 2 is 2.03 bits per heavy atom. The van der Waals surface area contributed by atoms with Gasteiger partial charge in [-0.2, -0.15) is 13.9 Å². The number of aromatic hydroxyl groups is 1. The van der Waals surface area contributed by atoms with Crippen LogP contribution in [0.15, 0.2) is 30.6 Å². The summed E-state index contributed by atoms with van der Waals surface area (Å²) in [5.74, 6) is -6.47. The fourth-order valence-electron chi connectivity index (χ4n) is 3.63. The number of anilines is 1. The van der Waals surface area contributed by atoms with E-state index >= 15 is 0 Å². The molecule has 2 amide bonds. The lowest BCUT2D eigenvalue weighted by atomic mass is 10.0. The van der Waals surface area contributed by atoms with Gasteiger partial charge in [0.15, 0.2) is 5.82 Å². The summed E-state index contributed by atoms with van der Waals surface area (Å²) >= 11 is 0. The topological polar surface area (TPSA) is 129 Å². The number of carbonyl (C=O) groups excluding carboxylic acids is 2. The van der Waals surface area contributed by atoms with Crippen LogP contribution in [-0.2, 0) is 23.7 Å². The first-order valence-corrected chi connectivity index (χ1v) is 10.2. The first kappa shape index (κ1) is 23.2. The second-order valence-electron chi connectivity index (χ2n) is 7.66. The Bertz CT molecular complexity index is 1260. The average Bonchev–Trinajstić information content (AvgIpc) is 3.26. The molecule has 0 aliphatic carbocycles. The molecule has 0 unspecified atom stereocenters. The maximum Gasteiger partial charge on any atom is 0.308 e. The number of amides is 2. The summed E-state index contributed by atoms with van der Waals surface area (Å²) in [5.41, 5.74) is -0.0704. The van der Waals surface area contributed by atoms with E-state index in [0.717, 1.165) is 18.3 Å². The minimum Gasteiger partial charge on any atom is -0.506 e. The van der Waals surface area contributed by atoms with Crippen LogP contribution in [0.4, 0.5) is 18.9 Å². The third-order valence-electron chi connectivity index (χ3n) is 5.46. The Kier molecular flexibility index (Phi) is 6.24. The fraction of sp³-hybridized carbons (Fsp3) is 0.273. The lowest BCUT2D eigenvalue weighted by molar-refractivity contribution is -0.00997. The molecule has 0 atom stereocenters. The van der Waals surface area contributed by atoms with Crippen molar-refractivity contribution in [3.63, 3.8) is 0 Å². The lowest BCUT2D eigenvalue weighted by Gasteiger charge is -2.19. The van der Waals surface area contributed by atoms with Crippen molar-refractivity contribution in [2.75, 3.05) is 18.5 Å². The number of alkyl halides is 2. The number of aromatic amines is 1. The van der Waals surface area contributed by atoms with Crippen molar-refractivity contribution >= 4 is 17.5 Å². The summed E-state index contributed by atoms with van der Waals surface area (Å²) in [6, 6.07) is 3.50. The summed E-state index contributed by atoms with van der Waals surface area (Å²) in [5, 5.41) is 21.0. The predicted molar refractivity (Wildman–Crippen MR) is 113 cm³/mol. The van der Waals surface area contributed by atoms with Crippen LogP contribution in [0.3, 0.4) is 0 Å². The molecule has 0 saturated heterocycles. The molecule has 34 heavy (non-hydrogen) atoms. The molecular weight excluding hydrogens is 455 g/mol. The van der Waals surface area contributed by atoms with Gasteiger partial charge in [-0.05, 0) is 30.7 Å². The highest BCUT2D eigenvalue weighted by atomic mass is 19.3. The number of phenols is 1. The second kappa shape index (κ2) is 9.14. The first-order valence-electron chi connectivity index (χ1n) is 10.2. The number of rotatable bonds is 6. The molecule has 1 aliphatic heterocycles.